The summed E-state index contributed by atoms with van der Waals surface area (Å²) in [5.41, 5.74) is 4.79. The van der Waals surface area contributed by atoms with Crippen molar-refractivity contribution in [3.63, 3.8) is 0 Å². The molecular formula is C27H27N3O3. The summed E-state index contributed by atoms with van der Waals surface area (Å²) >= 11 is 0. The molecular weight excluding hydrogens is 414 g/mol. The van der Waals surface area contributed by atoms with Crippen molar-refractivity contribution in [1.82, 2.24) is 14.8 Å². The number of rotatable bonds is 6. The molecule has 1 aliphatic carbocycles. The van der Waals surface area contributed by atoms with Crippen molar-refractivity contribution in [2.24, 2.45) is 0 Å². The van der Waals surface area contributed by atoms with Gasteiger partial charge in [0.15, 0.2) is 0 Å². The van der Waals surface area contributed by atoms with E-state index in [9.17, 15) is 9.90 Å². The first-order chi connectivity index (χ1) is 16.2. The average molecular weight is 442 g/mol. The molecule has 0 aliphatic heterocycles. The van der Waals surface area contributed by atoms with Gasteiger partial charge >= 0.3 is 0 Å². The van der Waals surface area contributed by atoms with Crippen LogP contribution >= 0.6 is 0 Å². The molecule has 2 aromatic heterocycles. The number of aliphatic hydroxyl groups is 1. The van der Waals surface area contributed by atoms with Gasteiger partial charge in [0.25, 0.3) is 5.56 Å². The Morgan fingerprint density at radius 2 is 1.82 bits per heavy atom. The van der Waals surface area contributed by atoms with E-state index in [1.165, 1.54) is 0 Å². The van der Waals surface area contributed by atoms with Crippen molar-refractivity contribution in [3.05, 3.63) is 95.2 Å². The number of ether oxygens (including phenoxy) is 1. The van der Waals surface area contributed by atoms with Crippen molar-refractivity contribution >= 4 is 0 Å². The molecule has 1 aliphatic rings. The summed E-state index contributed by atoms with van der Waals surface area (Å²) < 4.78 is 7.82. The molecule has 6 heteroatoms. The van der Waals surface area contributed by atoms with Crippen molar-refractivity contribution in [2.45, 2.75) is 44.4 Å². The third-order valence-electron chi connectivity index (χ3n) is 6.38. The van der Waals surface area contributed by atoms with E-state index in [-0.39, 0.29) is 11.6 Å². The van der Waals surface area contributed by atoms with Gasteiger partial charge in [-0.1, -0.05) is 55.3 Å². The van der Waals surface area contributed by atoms with Crippen molar-refractivity contribution in [1.29, 1.82) is 0 Å². The molecule has 1 saturated carbocycles. The van der Waals surface area contributed by atoms with Crippen LogP contribution in [0, 0.1) is 0 Å². The van der Waals surface area contributed by atoms with E-state index >= 15 is 0 Å². The highest BCUT2D eigenvalue weighted by Crippen LogP contribution is 2.31. The van der Waals surface area contributed by atoms with Crippen LogP contribution in [-0.2, 0) is 6.61 Å². The third-order valence-corrected chi connectivity index (χ3v) is 6.38. The van der Waals surface area contributed by atoms with Crippen LogP contribution in [0.5, 0.6) is 5.75 Å². The number of hydrogen-bond donors (Lipinski definition) is 2. The molecule has 2 aromatic carbocycles. The number of para-hydroxylation sites is 1. The summed E-state index contributed by atoms with van der Waals surface area (Å²) in [5, 5.41) is 17.2. The maximum Gasteiger partial charge on any atom is 0.251 e. The van der Waals surface area contributed by atoms with Crippen LogP contribution in [0.25, 0.3) is 22.3 Å². The van der Waals surface area contributed by atoms with E-state index in [0.717, 1.165) is 59.3 Å². The van der Waals surface area contributed by atoms with E-state index in [4.69, 9.17) is 4.74 Å². The minimum atomic E-state index is -0.460. The smallest absolute Gasteiger partial charge is 0.251 e. The molecule has 0 saturated heterocycles. The van der Waals surface area contributed by atoms with Gasteiger partial charge < -0.3 is 14.4 Å². The van der Waals surface area contributed by atoms with Crippen molar-refractivity contribution < 1.29 is 9.84 Å². The number of nitrogens with one attached hydrogen (secondary N) is 1. The second-order valence-electron chi connectivity index (χ2n) is 8.55. The zero-order chi connectivity index (χ0) is 22.6. The first-order valence-electron chi connectivity index (χ1n) is 11.4. The Kier molecular flexibility index (Phi) is 6.09. The Labute approximate surface area is 192 Å². The largest absolute Gasteiger partial charge is 0.488 e. The Balaban J connectivity index is 1.34. The maximum atomic E-state index is 12.9. The van der Waals surface area contributed by atoms with Crippen molar-refractivity contribution in [2.75, 3.05) is 0 Å². The molecule has 2 N–H and O–H groups in total. The van der Waals surface area contributed by atoms with E-state index in [0.29, 0.717) is 6.61 Å². The standard InChI is InChI=1S/C27H27N3O3/c31-25-7-3-2-6-24(25)30-14-13-21(15-27(30)32)23-5-1-4-8-26(23)33-18-19-9-11-20(12-10-19)22-16-28-29-17-22/h1,4-5,8-17,24-25,31H,2-3,6-7,18H2,(H,28,29)/t24-,25-/m0/s1. The Morgan fingerprint density at radius 1 is 1.00 bits per heavy atom. The minimum absolute atomic E-state index is 0.0944. The fourth-order valence-electron chi connectivity index (χ4n) is 4.54. The summed E-state index contributed by atoms with van der Waals surface area (Å²) in [5.74, 6) is 0.728. The molecule has 2 heterocycles. The van der Waals surface area contributed by atoms with Gasteiger partial charge in [-0.15, -0.1) is 0 Å². The molecule has 4 aromatic rings. The van der Waals surface area contributed by atoms with E-state index in [1.807, 2.05) is 54.9 Å². The molecule has 0 radical (unpaired) electrons. The van der Waals surface area contributed by atoms with Gasteiger partial charge in [0.2, 0.25) is 0 Å². The summed E-state index contributed by atoms with van der Waals surface area (Å²) in [6.45, 7) is 0.425. The second kappa shape index (κ2) is 9.46. The third kappa shape index (κ3) is 4.61. The number of hydrogen-bond acceptors (Lipinski definition) is 4. The lowest BCUT2D eigenvalue weighted by atomic mass is 9.92. The highest BCUT2D eigenvalue weighted by atomic mass is 16.5. The first-order valence-corrected chi connectivity index (χ1v) is 11.4. The fraction of sp³-hybridized carbons (Fsp3) is 0.259. The van der Waals surface area contributed by atoms with Crippen LogP contribution in [0.3, 0.4) is 0 Å². The van der Waals surface area contributed by atoms with E-state index < -0.39 is 6.10 Å². The quantitative estimate of drug-likeness (QED) is 0.443. The summed E-state index contributed by atoms with van der Waals surface area (Å²) in [4.78, 5) is 12.9. The number of benzene rings is 2. The molecule has 33 heavy (non-hydrogen) atoms. The Hall–Kier alpha value is -3.64. The highest BCUT2D eigenvalue weighted by Gasteiger charge is 2.25. The predicted octanol–water partition coefficient (Wildman–Crippen LogP) is 4.96. The van der Waals surface area contributed by atoms with Gasteiger partial charge in [-0.25, -0.2) is 0 Å². The molecule has 5 rings (SSSR count). The SMILES string of the molecule is O=c1cc(-c2ccccc2OCc2ccc(-c3cn[nH]c3)cc2)ccn1[C@H]1CCCC[C@@H]1O. The number of H-pyrrole nitrogens is 1. The van der Waals surface area contributed by atoms with Gasteiger partial charge in [0.05, 0.1) is 18.3 Å². The predicted molar refractivity (Wildman–Crippen MR) is 128 cm³/mol. The summed E-state index contributed by atoms with van der Waals surface area (Å²) in [6.07, 6.45) is 8.64. The Bertz CT molecular complexity index is 1260. The molecule has 0 spiro atoms. The van der Waals surface area contributed by atoms with E-state index in [1.54, 1.807) is 16.8 Å². The van der Waals surface area contributed by atoms with Gasteiger partial charge in [-0.2, -0.15) is 5.10 Å². The zero-order valence-corrected chi connectivity index (χ0v) is 18.4. The number of pyridine rings is 1. The van der Waals surface area contributed by atoms with Crippen LogP contribution in [0.2, 0.25) is 0 Å². The molecule has 168 valence electrons. The van der Waals surface area contributed by atoms with Crippen LogP contribution in [0.4, 0.5) is 0 Å². The maximum absolute atomic E-state index is 12.9. The number of aromatic nitrogens is 3. The zero-order valence-electron chi connectivity index (χ0n) is 18.4. The molecule has 0 unspecified atom stereocenters. The first kappa shape index (κ1) is 21.2. The molecule has 0 bridgehead atoms. The number of aromatic amines is 1. The van der Waals surface area contributed by atoms with Gasteiger partial charge in [-0.3, -0.25) is 9.89 Å². The average Bonchev–Trinajstić information content (AvgIpc) is 3.39. The van der Waals surface area contributed by atoms with Gasteiger partial charge in [0.1, 0.15) is 12.4 Å². The topological polar surface area (TPSA) is 80.1 Å². The number of nitrogens with zero attached hydrogens (tertiary/aromatic N) is 2. The van der Waals surface area contributed by atoms with Crippen LogP contribution in [0.15, 0.2) is 84.0 Å². The second-order valence-corrected chi connectivity index (χ2v) is 8.55. The van der Waals surface area contributed by atoms with Gasteiger partial charge in [0, 0.05) is 29.6 Å². The Morgan fingerprint density at radius 3 is 2.58 bits per heavy atom. The lowest BCUT2D eigenvalue weighted by Gasteiger charge is -2.29. The minimum Gasteiger partial charge on any atom is -0.488 e. The highest BCUT2D eigenvalue weighted by molar-refractivity contribution is 5.70. The van der Waals surface area contributed by atoms with Crippen LogP contribution in [-0.4, -0.2) is 26.0 Å². The molecule has 6 nitrogen and oxygen atoms in total. The molecule has 2 atom stereocenters. The van der Waals surface area contributed by atoms with Crippen LogP contribution < -0.4 is 10.3 Å². The van der Waals surface area contributed by atoms with Crippen molar-refractivity contribution in [3.8, 4) is 28.0 Å². The molecule has 0 amide bonds. The number of aliphatic hydroxyl groups excluding tert-OH is 1. The monoisotopic (exact) mass is 441 g/mol. The normalized spacial score (nSPS) is 18.2. The lowest BCUT2D eigenvalue weighted by molar-refractivity contribution is 0.0738. The summed E-state index contributed by atoms with van der Waals surface area (Å²) in [7, 11) is 0. The van der Waals surface area contributed by atoms with E-state index in [2.05, 4.69) is 22.3 Å². The van der Waals surface area contributed by atoms with Crippen LogP contribution in [0.1, 0.15) is 37.3 Å². The molecule has 1 fully saturated rings. The summed E-state index contributed by atoms with van der Waals surface area (Å²) in [6, 6.07) is 19.4. The lowest BCUT2D eigenvalue weighted by Crippen LogP contribution is -2.34. The van der Waals surface area contributed by atoms with Gasteiger partial charge in [-0.05, 0) is 41.7 Å². The fourth-order valence-corrected chi connectivity index (χ4v) is 4.54.